The molecule has 5 heteroatoms. The van der Waals surface area contributed by atoms with Crippen molar-refractivity contribution in [2.24, 2.45) is 0 Å². The van der Waals surface area contributed by atoms with E-state index in [2.05, 4.69) is 0 Å². The summed E-state index contributed by atoms with van der Waals surface area (Å²) in [5.41, 5.74) is 0. The Kier molecular flexibility index (Phi) is 1.94. The first-order chi connectivity index (χ1) is 3.25. The molecular formula is C3H9AsO4. The monoisotopic (exact) mass is 184 g/mol. The second-order valence-electron chi connectivity index (χ2n) is 2.04. The first-order valence-corrected chi connectivity index (χ1v) is 5.41. The number of hydrogen-bond acceptors (Lipinski definition) is 2. The molecule has 3 N–H and O–H groups in total. The molecule has 0 aliphatic carbocycles. The molecule has 0 heterocycles. The Bertz CT molecular complexity index is 118. The van der Waals surface area contributed by atoms with Crippen LogP contribution < -0.4 is 0 Å². The van der Waals surface area contributed by atoms with E-state index in [-0.39, 0.29) is 0 Å². The predicted octanol–water partition coefficient (Wildman–Crippen LogP) is -1.35. The van der Waals surface area contributed by atoms with Crippen LogP contribution in [0.4, 0.5) is 0 Å². The van der Waals surface area contributed by atoms with Crippen molar-refractivity contribution in [1.29, 1.82) is 0 Å². The van der Waals surface area contributed by atoms with Crippen LogP contribution in [0.25, 0.3) is 0 Å². The molecule has 8 heavy (non-hydrogen) atoms. The van der Waals surface area contributed by atoms with Gasteiger partial charge in [0.15, 0.2) is 0 Å². The Morgan fingerprint density at radius 2 is 1.50 bits per heavy atom. The van der Waals surface area contributed by atoms with E-state index in [1.807, 2.05) is 0 Å². The van der Waals surface area contributed by atoms with Crippen LogP contribution in [-0.2, 0) is 3.74 Å². The van der Waals surface area contributed by atoms with Crippen LogP contribution in [0.5, 0.6) is 0 Å². The maximum atomic E-state index is 10.2. The fourth-order valence-electron chi connectivity index (χ4n) is 0. The third kappa shape index (κ3) is 2.01. The second-order valence-corrected chi connectivity index (χ2v) is 6.62. The fourth-order valence-corrected chi connectivity index (χ4v) is 0. The van der Waals surface area contributed by atoms with Crippen molar-refractivity contribution < 1.29 is 17.0 Å². The molecule has 0 aromatic rings. The summed E-state index contributed by atoms with van der Waals surface area (Å²) < 4.78 is 24.9. The van der Waals surface area contributed by atoms with Gasteiger partial charge in [-0.3, -0.25) is 0 Å². The van der Waals surface area contributed by atoms with Gasteiger partial charge in [0.2, 0.25) is 0 Å². The quantitative estimate of drug-likeness (QED) is 0.440. The van der Waals surface area contributed by atoms with Gasteiger partial charge >= 0.3 is 49.4 Å². The number of hydrogen-bond donors (Lipinski definition) is 3. The molecule has 0 aliphatic heterocycles. The van der Waals surface area contributed by atoms with Crippen LogP contribution in [-0.4, -0.2) is 31.9 Å². The minimum absolute atomic E-state index is 1.09. The summed E-state index contributed by atoms with van der Waals surface area (Å²) in [6, 6.07) is 0. The van der Waals surface area contributed by atoms with Gasteiger partial charge in [0, 0.05) is 0 Å². The summed E-state index contributed by atoms with van der Waals surface area (Å²) in [4.78, 5) is 0. The van der Waals surface area contributed by atoms with Gasteiger partial charge in [-0.25, -0.2) is 0 Å². The van der Waals surface area contributed by atoms with Crippen molar-refractivity contribution in [3.8, 4) is 0 Å². The third-order valence-corrected chi connectivity index (χ3v) is 3.70. The van der Waals surface area contributed by atoms with Crippen LogP contribution in [0.1, 0.15) is 13.8 Å². The molecule has 0 amide bonds. The second kappa shape index (κ2) is 1.88. The average Bonchev–Trinajstić information content (AvgIpc) is 1.25. The molecule has 0 saturated heterocycles. The summed E-state index contributed by atoms with van der Waals surface area (Å²) >= 11 is -4.86. The minimum atomic E-state index is -4.86. The van der Waals surface area contributed by atoms with Gasteiger partial charge in [0.1, 0.15) is 0 Å². The zero-order valence-electron chi connectivity index (χ0n) is 4.70. The van der Waals surface area contributed by atoms with E-state index in [1.165, 1.54) is 0 Å². The first-order valence-electron chi connectivity index (χ1n) is 2.03. The van der Waals surface area contributed by atoms with Crippen molar-refractivity contribution in [3.05, 3.63) is 0 Å². The van der Waals surface area contributed by atoms with Crippen LogP contribution in [0.15, 0.2) is 0 Å². The summed E-state index contributed by atoms with van der Waals surface area (Å²) in [6.07, 6.45) is 0. The van der Waals surface area contributed by atoms with E-state index in [1.54, 1.807) is 0 Å². The van der Waals surface area contributed by atoms with E-state index >= 15 is 0 Å². The molecule has 0 rings (SSSR count). The molecule has 0 fully saturated rings. The summed E-state index contributed by atoms with van der Waals surface area (Å²) in [7, 11) is 0. The molecular weight excluding hydrogens is 175 g/mol. The van der Waals surface area contributed by atoms with E-state index in [0.29, 0.717) is 0 Å². The molecule has 0 aromatic heterocycles. The van der Waals surface area contributed by atoms with E-state index in [4.69, 9.17) is 13.3 Å². The van der Waals surface area contributed by atoms with Gasteiger partial charge in [-0.15, -0.1) is 0 Å². The zero-order valence-corrected chi connectivity index (χ0v) is 6.57. The van der Waals surface area contributed by atoms with Gasteiger partial charge < -0.3 is 0 Å². The third-order valence-electron chi connectivity index (χ3n) is 0.713. The van der Waals surface area contributed by atoms with E-state index < -0.39 is 18.6 Å². The topological polar surface area (TPSA) is 77.8 Å². The predicted molar refractivity (Wildman–Crippen MR) is 27.2 cm³/mol. The van der Waals surface area contributed by atoms with Crippen LogP contribution in [0.3, 0.4) is 0 Å². The molecule has 0 atom stereocenters. The van der Waals surface area contributed by atoms with Gasteiger partial charge in [0.05, 0.1) is 0 Å². The van der Waals surface area contributed by atoms with Crippen molar-refractivity contribution in [3.63, 3.8) is 0 Å². The van der Waals surface area contributed by atoms with Crippen molar-refractivity contribution >= 4 is 14.2 Å². The Hall–Kier alpha value is 0.238. The van der Waals surface area contributed by atoms with Crippen LogP contribution >= 0.6 is 0 Å². The standard InChI is InChI=1S/C3H9AsO4/c1-3(2,5)4(6,7)8/h5H,1-2H3,(H2,6,7,8). The molecule has 50 valence electrons. The van der Waals surface area contributed by atoms with E-state index in [0.717, 1.165) is 13.8 Å². The van der Waals surface area contributed by atoms with Crippen LogP contribution in [0.2, 0.25) is 0 Å². The molecule has 0 aromatic carbocycles. The van der Waals surface area contributed by atoms with Crippen molar-refractivity contribution in [1.82, 2.24) is 0 Å². The Morgan fingerprint density at radius 3 is 1.50 bits per heavy atom. The van der Waals surface area contributed by atoms with Gasteiger partial charge in [-0.1, -0.05) is 0 Å². The van der Waals surface area contributed by atoms with Gasteiger partial charge in [-0.2, -0.15) is 0 Å². The Labute approximate surface area is 50.1 Å². The Morgan fingerprint density at radius 1 is 1.38 bits per heavy atom. The summed E-state index contributed by atoms with van der Waals surface area (Å²) in [5.74, 6) is 0. The number of aliphatic hydroxyl groups is 1. The molecule has 0 spiro atoms. The normalized spacial score (nSPS) is 14.1. The molecule has 0 aliphatic rings. The SMILES string of the molecule is CC(C)(O)[As](=O)(O)O. The molecule has 0 unspecified atom stereocenters. The Balaban J connectivity index is 4.26. The van der Waals surface area contributed by atoms with Gasteiger partial charge in [-0.05, 0) is 0 Å². The first kappa shape index (κ1) is 8.24. The van der Waals surface area contributed by atoms with Gasteiger partial charge in [0.25, 0.3) is 0 Å². The molecule has 0 bridgehead atoms. The fraction of sp³-hybridized carbons (Fsp3) is 1.00. The van der Waals surface area contributed by atoms with Crippen LogP contribution in [0, 0.1) is 0 Å². The van der Waals surface area contributed by atoms with E-state index in [9.17, 15) is 3.74 Å². The molecule has 0 saturated carbocycles. The molecule has 4 nitrogen and oxygen atoms in total. The van der Waals surface area contributed by atoms with Crippen molar-refractivity contribution in [2.75, 3.05) is 0 Å². The maximum absolute atomic E-state index is 10.2. The van der Waals surface area contributed by atoms with Crippen molar-refractivity contribution in [2.45, 2.75) is 18.2 Å². The number of rotatable bonds is 1. The zero-order chi connectivity index (χ0) is 7.00. The average molecular weight is 184 g/mol. The summed E-state index contributed by atoms with van der Waals surface area (Å²) in [5, 5.41) is 8.62. The molecule has 0 radical (unpaired) electrons. The summed E-state index contributed by atoms with van der Waals surface area (Å²) in [6.45, 7) is 2.18.